The van der Waals surface area contributed by atoms with Crippen LogP contribution in [0.25, 0.3) is 11.5 Å². The van der Waals surface area contributed by atoms with E-state index >= 15 is 0 Å². The second-order valence-corrected chi connectivity index (χ2v) is 11.1. The molecule has 11 heteroatoms. The second kappa shape index (κ2) is 9.71. The van der Waals surface area contributed by atoms with E-state index in [9.17, 15) is 13.2 Å². The molecule has 0 fully saturated rings. The molecule has 9 nitrogen and oxygen atoms in total. The monoisotopic (exact) mass is 505 g/mol. The number of esters is 1. The van der Waals surface area contributed by atoms with Crippen molar-refractivity contribution in [1.82, 2.24) is 19.7 Å². The summed E-state index contributed by atoms with van der Waals surface area (Å²) in [7, 11) is -3.97. The number of halogens is 1. The fraction of sp³-hybridized carbons (Fsp3) is 0.391. The Morgan fingerprint density at radius 1 is 1.18 bits per heavy atom. The highest BCUT2D eigenvalue weighted by Crippen LogP contribution is 2.32. The Morgan fingerprint density at radius 2 is 1.82 bits per heavy atom. The molecule has 1 N–H and O–H groups in total. The molecule has 1 aromatic carbocycles. The fourth-order valence-electron chi connectivity index (χ4n) is 3.31. The van der Waals surface area contributed by atoms with Crippen molar-refractivity contribution in [2.24, 2.45) is 0 Å². The Labute approximate surface area is 204 Å². The van der Waals surface area contributed by atoms with Gasteiger partial charge in [0.1, 0.15) is 5.69 Å². The molecule has 0 saturated carbocycles. The van der Waals surface area contributed by atoms with Gasteiger partial charge in [0.05, 0.1) is 22.2 Å². The molecule has 0 aliphatic carbocycles. The Kier molecular flexibility index (Phi) is 7.32. The Hall–Kier alpha value is -2.98. The number of benzene rings is 1. The van der Waals surface area contributed by atoms with Crippen molar-refractivity contribution in [1.29, 1.82) is 0 Å². The number of ether oxygens (including phenoxy) is 1. The van der Waals surface area contributed by atoms with Crippen molar-refractivity contribution in [2.45, 2.75) is 57.9 Å². The van der Waals surface area contributed by atoms with E-state index in [0.717, 1.165) is 5.56 Å². The molecule has 0 saturated heterocycles. The normalized spacial score (nSPS) is 12.1. The minimum absolute atomic E-state index is 0.00447. The highest BCUT2D eigenvalue weighted by molar-refractivity contribution is 7.92. The van der Waals surface area contributed by atoms with Crippen molar-refractivity contribution in [3.63, 3.8) is 0 Å². The lowest BCUT2D eigenvalue weighted by molar-refractivity contribution is 0.0504. The number of hydrogen-bond donors (Lipinski definition) is 1. The van der Waals surface area contributed by atoms with Crippen molar-refractivity contribution in [2.75, 3.05) is 11.3 Å². The Morgan fingerprint density at radius 3 is 2.38 bits per heavy atom. The predicted molar refractivity (Wildman–Crippen MR) is 131 cm³/mol. The summed E-state index contributed by atoms with van der Waals surface area (Å²) in [5.41, 5.74) is 1.18. The van der Waals surface area contributed by atoms with Crippen LogP contribution in [0.2, 0.25) is 5.02 Å². The summed E-state index contributed by atoms with van der Waals surface area (Å²) in [6.07, 6.45) is 1.37. The number of carbonyl (C=O) groups excluding carboxylic acids is 1. The van der Waals surface area contributed by atoms with Gasteiger partial charge in [0, 0.05) is 12.2 Å². The van der Waals surface area contributed by atoms with Gasteiger partial charge in [-0.2, -0.15) is 0 Å². The van der Waals surface area contributed by atoms with Gasteiger partial charge in [-0.3, -0.25) is 9.29 Å². The molecule has 0 aliphatic heterocycles. The third-order valence-electron chi connectivity index (χ3n) is 5.01. The molecule has 3 aromatic rings. The molecule has 3 rings (SSSR count). The molecule has 34 heavy (non-hydrogen) atoms. The van der Waals surface area contributed by atoms with Crippen LogP contribution in [0, 0.1) is 0 Å². The van der Waals surface area contributed by atoms with Crippen molar-refractivity contribution in [3.05, 3.63) is 52.9 Å². The lowest BCUT2D eigenvalue weighted by Gasteiger charge is -2.19. The third-order valence-corrected chi connectivity index (χ3v) is 6.60. The number of pyridine rings is 1. The average Bonchev–Trinajstić information content (AvgIpc) is 3.18. The molecule has 182 valence electrons. The number of anilines is 1. The molecular weight excluding hydrogens is 478 g/mol. The van der Waals surface area contributed by atoms with Crippen LogP contribution >= 0.6 is 11.6 Å². The molecule has 2 aromatic heterocycles. The number of rotatable bonds is 7. The molecule has 0 unspecified atom stereocenters. The van der Waals surface area contributed by atoms with Gasteiger partial charge in [0.15, 0.2) is 5.82 Å². The highest BCUT2D eigenvalue weighted by Gasteiger charge is 2.27. The van der Waals surface area contributed by atoms with Crippen LogP contribution in [0.5, 0.6) is 0 Å². The number of hydrogen-bond acceptors (Lipinski definition) is 7. The smallest absolute Gasteiger partial charge is 0.376 e. The lowest BCUT2D eigenvalue weighted by Crippen LogP contribution is -2.18. The number of carbonyl (C=O) groups is 1. The standard InChI is InChI=1S/C23H28ClN5O4S/c1-7-33-22(30)21-27-26-20(29(21)14(2)3)19-18(12-16(24)13-25-19)28-34(31,32)17-10-8-15(9-11-17)23(4,5)6/h8-14,28H,7H2,1-6H3. The van der Waals surface area contributed by atoms with Crippen LogP contribution in [0.15, 0.2) is 41.4 Å². The zero-order valence-electron chi connectivity index (χ0n) is 20.0. The molecule has 0 radical (unpaired) electrons. The SMILES string of the molecule is CCOC(=O)c1nnc(-c2ncc(Cl)cc2NS(=O)(=O)c2ccc(C(C)(C)C)cc2)n1C(C)C. The first kappa shape index (κ1) is 25.6. The Bertz CT molecular complexity index is 1300. The number of aromatic nitrogens is 4. The molecular formula is C23H28ClN5O4S. The Balaban J connectivity index is 2.07. The van der Waals surface area contributed by atoms with E-state index in [2.05, 4.69) is 19.9 Å². The van der Waals surface area contributed by atoms with Gasteiger partial charge in [-0.05, 0) is 49.9 Å². The van der Waals surface area contributed by atoms with E-state index in [1.807, 2.05) is 34.6 Å². The van der Waals surface area contributed by atoms with Gasteiger partial charge in [-0.25, -0.2) is 18.2 Å². The molecule has 2 heterocycles. The summed E-state index contributed by atoms with van der Waals surface area (Å²) < 4.78 is 35.5. The first-order valence-electron chi connectivity index (χ1n) is 10.8. The fourth-order valence-corrected chi connectivity index (χ4v) is 4.53. The second-order valence-electron chi connectivity index (χ2n) is 8.96. The first-order chi connectivity index (χ1) is 15.8. The van der Waals surface area contributed by atoms with Crippen LogP contribution in [0.3, 0.4) is 0 Å². The van der Waals surface area contributed by atoms with E-state index in [1.165, 1.54) is 12.3 Å². The highest BCUT2D eigenvalue weighted by atomic mass is 35.5. The zero-order valence-corrected chi connectivity index (χ0v) is 21.5. The van der Waals surface area contributed by atoms with Gasteiger partial charge in [0.25, 0.3) is 10.0 Å². The van der Waals surface area contributed by atoms with Gasteiger partial charge >= 0.3 is 5.97 Å². The topological polar surface area (TPSA) is 116 Å². The van der Waals surface area contributed by atoms with Crippen LogP contribution in [-0.2, 0) is 20.2 Å². The van der Waals surface area contributed by atoms with E-state index in [4.69, 9.17) is 16.3 Å². The molecule has 0 bridgehead atoms. The largest absolute Gasteiger partial charge is 0.460 e. The third kappa shape index (κ3) is 5.39. The predicted octanol–water partition coefficient (Wildman–Crippen LogP) is 4.85. The molecule has 0 amide bonds. The van der Waals surface area contributed by atoms with Gasteiger partial charge < -0.3 is 4.74 Å². The van der Waals surface area contributed by atoms with Gasteiger partial charge in [-0.15, -0.1) is 10.2 Å². The minimum atomic E-state index is -3.97. The summed E-state index contributed by atoms with van der Waals surface area (Å²) in [4.78, 5) is 16.8. The molecule has 0 spiro atoms. The first-order valence-corrected chi connectivity index (χ1v) is 12.6. The maximum atomic E-state index is 13.2. The van der Waals surface area contributed by atoms with E-state index in [1.54, 1.807) is 35.8 Å². The summed E-state index contributed by atoms with van der Waals surface area (Å²) in [5.74, 6) is -0.435. The quantitative estimate of drug-likeness (QED) is 0.456. The van der Waals surface area contributed by atoms with Crippen LogP contribution in [-0.4, -0.2) is 40.7 Å². The summed E-state index contributed by atoms with van der Waals surface area (Å²) in [6.45, 7) is 11.7. The van der Waals surface area contributed by atoms with Crippen molar-refractivity contribution < 1.29 is 17.9 Å². The number of nitrogens with zero attached hydrogens (tertiary/aromatic N) is 4. The molecule has 0 aliphatic rings. The maximum absolute atomic E-state index is 13.2. The van der Waals surface area contributed by atoms with E-state index < -0.39 is 16.0 Å². The summed E-state index contributed by atoms with van der Waals surface area (Å²) in [6, 6.07) is 7.87. The lowest BCUT2D eigenvalue weighted by atomic mass is 9.87. The van der Waals surface area contributed by atoms with Crippen molar-refractivity contribution >= 4 is 33.3 Å². The molecule has 0 atom stereocenters. The zero-order chi connectivity index (χ0) is 25.3. The average molecular weight is 506 g/mol. The summed E-state index contributed by atoms with van der Waals surface area (Å²) >= 11 is 6.14. The van der Waals surface area contributed by atoms with Gasteiger partial charge in [-0.1, -0.05) is 44.5 Å². The number of nitrogens with one attached hydrogen (secondary N) is 1. The number of sulfonamides is 1. The van der Waals surface area contributed by atoms with E-state index in [0.29, 0.717) is 0 Å². The van der Waals surface area contributed by atoms with Crippen LogP contribution < -0.4 is 4.72 Å². The van der Waals surface area contributed by atoms with E-state index in [-0.39, 0.29) is 51.0 Å². The van der Waals surface area contributed by atoms with Gasteiger partial charge in [0.2, 0.25) is 5.82 Å². The minimum Gasteiger partial charge on any atom is -0.460 e. The van der Waals surface area contributed by atoms with Crippen LogP contribution in [0.4, 0.5) is 5.69 Å². The summed E-state index contributed by atoms with van der Waals surface area (Å²) in [5, 5.41) is 8.31. The van der Waals surface area contributed by atoms with Crippen molar-refractivity contribution in [3.8, 4) is 11.5 Å². The maximum Gasteiger partial charge on any atom is 0.376 e. The van der Waals surface area contributed by atoms with Crippen LogP contribution in [0.1, 0.15) is 63.8 Å².